The van der Waals surface area contributed by atoms with E-state index in [4.69, 9.17) is 0 Å². The van der Waals surface area contributed by atoms with Crippen LogP contribution in [0.15, 0.2) is 42.5 Å². The van der Waals surface area contributed by atoms with E-state index >= 15 is 0 Å². The van der Waals surface area contributed by atoms with Crippen molar-refractivity contribution in [2.24, 2.45) is 0 Å². The van der Waals surface area contributed by atoms with Crippen molar-refractivity contribution in [1.29, 1.82) is 0 Å². The number of urea groups is 1. The number of benzene rings is 2. The number of hydrogen-bond donors (Lipinski definition) is 3. The molecule has 0 radical (unpaired) electrons. The zero-order chi connectivity index (χ0) is 22.1. The minimum atomic E-state index is -1.85. The van der Waals surface area contributed by atoms with Crippen LogP contribution in [0.1, 0.15) is 19.4 Å². The van der Waals surface area contributed by atoms with Crippen LogP contribution in [0.2, 0.25) is 0 Å². The number of rotatable bonds is 5. The van der Waals surface area contributed by atoms with Gasteiger partial charge in [0.2, 0.25) is 11.8 Å². The quantitative estimate of drug-likeness (QED) is 0.650. The minimum Gasteiger partial charge on any atom is -0.326 e. The summed E-state index contributed by atoms with van der Waals surface area (Å²) in [5.74, 6) is -3.51. The summed E-state index contributed by atoms with van der Waals surface area (Å²) < 4.78 is 27.7. The van der Waals surface area contributed by atoms with E-state index in [1.165, 1.54) is 19.9 Å². The highest BCUT2D eigenvalue weighted by molar-refractivity contribution is 6.10. The predicted molar refractivity (Wildman–Crippen MR) is 103 cm³/mol. The largest absolute Gasteiger partial charge is 0.326 e. The number of halogens is 2. The fraction of sp³-hybridized carbons (Fsp3) is 0.200. The van der Waals surface area contributed by atoms with Crippen molar-refractivity contribution in [3.63, 3.8) is 0 Å². The summed E-state index contributed by atoms with van der Waals surface area (Å²) in [6.45, 7) is 1.93. The number of anilines is 2. The SMILES string of the molecule is CC(=O)Nc1cccc(NC(=O)CN2C(=O)N[C@](C)(c3cc(F)ccc3F)C2=O)c1. The van der Waals surface area contributed by atoms with Crippen molar-refractivity contribution in [3.05, 3.63) is 59.7 Å². The second-order valence-corrected chi connectivity index (χ2v) is 6.88. The molecule has 3 rings (SSSR count). The summed E-state index contributed by atoms with van der Waals surface area (Å²) in [6.07, 6.45) is 0. The van der Waals surface area contributed by atoms with Crippen LogP contribution in [0.25, 0.3) is 0 Å². The average molecular weight is 416 g/mol. The highest BCUT2D eigenvalue weighted by Gasteiger charge is 2.50. The average Bonchev–Trinajstić information content (AvgIpc) is 2.87. The molecular formula is C20H18F2N4O4. The Morgan fingerprint density at radius 1 is 1.07 bits per heavy atom. The Labute approximate surface area is 170 Å². The maximum absolute atomic E-state index is 14.2. The lowest BCUT2D eigenvalue weighted by Crippen LogP contribution is -2.42. The number of hydrogen-bond acceptors (Lipinski definition) is 4. The molecule has 1 saturated heterocycles. The Balaban J connectivity index is 1.75. The summed E-state index contributed by atoms with van der Waals surface area (Å²) in [6, 6.07) is 7.93. The Bertz CT molecular complexity index is 1060. The van der Waals surface area contributed by atoms with E-state index in [0.717, 1.165) is 18.2 Å². The van der Waals surface area contributed by atoms with Crippen molar-refractivity contribution < 1.29 is 28.0 Å². The Morgan fingerprint density at radius 3 is 2.40 bits per heavy atom. The van der Waals surface area contributed by atoms with Gasteiger partial charge in [-0.3, -0.25) is 19.3 Å². The Kier molecular flexibility index (Phi) is 5.50. The van der Waals surface area contributed by atoms with Gasteiger partial charge in [0.25, 0.3) is 5.91 Å². The fourth-order valence-electron chi connectivity index (χ4n) is 3.13. The van der Waals surface area contributed by atoms with E-state index in [1.54, 1.807) is 18.2 Å². The van der Waals surface area contributed by atoms with Gasteiger partial charge in [-0.25, -0.2) is 13.6 Å². The normalized spacial score (nSPS) is 18.2. The minimum absolute atomic E-state index is 0.290. The van der Waals surface area contributed by atoms with Gasteiger partial charge in [0.05, 0.1) is 0 Å². The number of imide groups is 1. The van der Waals surface area contributed by atoms with Crippen molar-refractivity contribution in [2.45, 2.75) is 19.4 Å². The van der Waals surface area contributed by atoms with Gasteiger partial charge in [-0.05, 0) is 43.3 Å². The van der Waals surface area contributed by atoms with Gasteiger partial charge in [-0.1, -0.05) is 6.07 Å². The fourth-order valence-corrected chi connectivity index (χ4v) is 3.13. The van der Waals surface area contributed by atoms with E-state index < -0.39 is 41.6 Å². The molecule has 3 N–H and O–H groups in total. The zero-order valence-electron chi connectivity index (χ0n) is 16.1. The van der Waals surface area contributed by atoms with Crippen LogP contribution in [0.4, 0.5) is 25.0 Å². The van der Waals surface area contributed by atoms with Gasteiger partial charge in [0, 0.05) is 23.9 Å². The van der Waals surface area contributed by atoms with Gasteiger partial charge in [-0.2, -0.15) is 0 Å². The summed E-state index contributed by atoms with van der Waals surface area (Å²) in [7, 11) is 0. The van der Waals surface area contributed by atoms with E-state index in [0.29, 0.717) is 16.3 Å². The van der Waals surface area contributed by atoms with Crippen LogP contribution < -0.4 is 16.0 Å². The van der Waals surface area contributed by atoms with Crippen LogP contribution in [-0.4, -0.2) is 35.2 Å². The maximum Gasteiger partial charge on any atom is 0.325 e. The van der Waals surface area contributed by atoms with Gasteiger partial charge in [0.1, 0.15) is 23.7 Å². The van der Waals surface area contributed by atoms with Crippen molar-refractivity contribution in [2.75, 3.05) is 17.2 Å². The molecular weight excluding hydrogens is 398 g/mol. The molecule has 1 aliphatic heterocycles. The molecule has 8 nitrogen and oxygen atoms in total. The number of carbonyl (C=O) groups is 4. The van der Waals surface area contributed by atoms with Crippen LogP contribution >= 0.6 is 0 Å². The lowest BCUT2D eigenvalue weighted by atomic mass is 9.91. The summed E-state index contributed by atoms with van der Waals surface area (Å²) in [5, 5.41) is 7.39. The van der Waals surface area contributed by atoms with Crippen molar-refractivity contribution in [1.82, 2.24) is 10.2 Å². The molecule has 10 heteroatoms. The summed E-state index contributed by atoms with van der Waals surface area (Å²) in [5.41, 5.74) is -1.41. The standard InChI is InChI=1S/C20H18F2N4O4/c1-11(27)23-13-4-3-5-14(9-13)24-17(28)10-26-18(29)20(2,25-19(26)30)15-8-12(21)6-7-16(15)22/h3-9H,10H2,1-2H3,(H,23,27)(H,24,28)(H,25,30)/t20-/m1/s1. The molecule has 1 heterocycles. The monoisotopic (exact) mass is 416 g/mol. The van der Waals surface area contributed by atoms with E-state index in [1.807, 2.05) is 0 Å². The molecule has 2 aromatic carbocycles. The second kappa shape index (κ2) is 7.90. The molecule has 1 atom stereocenters. The van der Waals surface area contributed by atoms with Gasteiger partial charge < -0.3 is 16.0 Å². The Hall–Kier alpha value is -3.82. The molecule has 0 saturated carbocycles. The van der Waals surface area contributed by atoms with Crippen molar-refractivity contribution in [3.8, 4) is 0 Å². The van der Waals surface area contributed by atoms with Crippen molar-refractivity contribution >= 4 is 35.1 Å². The first-order valence-electron chi connectivity index (χ1n) is 8.87. The highest BCUT2D eigenvalue weighted by Crippen LogP contribution is 2.31. The predicted octanol–water partition coefficient (Wildman–Crippen LogP) is 2.33. The van der Waals surface area contributed by atoms with E-state index in [9.17, 15) is 28.0 Å². The van der Waals surface area contributed by atoms with Crippen LogP contribution in [0.5, 0.6) is 0 Å². The molecule has 2 aromatic rings. The third kappa shape index (κ3) is 4.12. The molecule has 0 aromatic heterocycles. The molecule has 0 unspecified atom stereocenters. The first-order chi connectivity index (χ1) is 14.1. The first-order valence-corrected chi connectivity index (χ1v) is 8.87. The maximum atomic E-state index is 14.2. The molecule has 0 spiro atoms. The topological polar surface area (TPSA) is 108 Å². The first kappa shape index (κ1) is 20.9. The zero-order valence-corrected chi connectivity index (χ0v) is 16.1. The number of nitrogens with one attached hydrogen (secondary N) is 3. The number of carbonyl (C=O) groups excluding carboxylic acids is 4. The third-order valence-electron chi connectivity index (χ3n) is 4.51. The van der Waals surface area contributed by atoms with Gasteiger partial charge >= 0.3 is 6.03 Å². The number of nitrogens with zero attached hydrogens (tertiary/aromatic N) is 1. The lowest BCUT2D eigenvalue weighted by molar-refractivity contribution is -0.133. The Morgan fingerprint density at radius 2 is 1.73 bits per heavy atom. The van der Waals surface area contributed by atoms with Gasteiger partial charge in [0.15, 0.2) is 0 Å². The number of amides is 5. The molecule has 30 heavy (non-hydrogen) atoms. The molecule has 5 amide bonds. The molecule has 156 valence electrons. The third-order valence-corrected chi connectivity index (χ3v) is 4.51. The molecule has 0 aliphatic carbocycles. The molecule has 1 fully saturated rings. The molecule has 0 bridgehead atoms. The lowest BCUT2D eigenvalue weighted by Gasteiger charge is -2.22. The van der Waals surface area contributed by atoms with Crippen LogP contribution in [-0.2, 0) is 19.9 Å². The van der Waals surface area contributed by atoms with Gasteiger partial charge in [-0.15, -0.1) is 0 Å². The summed E-state index contributed by atoms with van der Waals surface area (Å²) >= 11 is 0. The molecule has 1 aliphatic rings. The highest BCUT2D eigenvalue weighted by atomic mass is 19.1. The summed E-state index contributed by atoms with van der Waals surface area (Å²) in [4.78, 5) is 49.2. The smallest absolute Gasteiger partial charge is 0.325 e. The van der Waals surface area contributed by atoms with E-state index in [-0.39, 0.29) is 11.5 Å². The second-order valence-electron chi connectivity index (χ2n) is 6.88. The van der Waals surface area contributed by atoms with Crippen LogP contribution in [0.3, 0.4) is 0 Å². The van der Waals surface area contributed by atoms with Crippen LogP contribution in [0, 0.1) is 11.6 Å². The van der Waals surface area contributed by atoms with E-state index in [2.05, 4.69) is 16.0 Å².